The predicted molar refractivity (Wildman–Crippen MR) is 76.0 cm³/mol. The summed E-state index contributed by atoms with van der Waals surface area (Å²) in [6, 6.07) is 8.27. The first kappa shape index (κ1) is 12.9. The molecule has 2 rings (SSSR count). The van der Waals surface area contributed by atoms with Crippen LogP contribution in [0.5, 0.6) is 0 Å². The van der Waals surface area contributed by atoms with Crippen LogP contribution >= 0.6 is 22.6 Å². The molecule has 0 radical (unpaired) electrons. The highest BCUT2D eigenvalue weighted by Crippen LogP contribution is 2.18. The van der Waals surface area contributed by atoms with Crippen molar-refractivity contribution >= 4 is 34.2 Å². The van der Waals surface area contributed by atoms with Crippen LogP contribution in [0.25, 0.3) is 0 Å². The van der Waals surface area contributed by atoms with E-state index in [4.69, 9.17) is 0 Å². The number of nitrogens with one attached hydrogen (secondary N) is 1. The molecule has 0 saturated heterocycles. The summed E-state index contributed by atoms with van der Waals surface area (Å²) >= 11 is 2.20. The molecule has 0 bridgehead atoms. The van der Waals surface area contributed by atoms with E-state index in [2.05, 4.69) is 32.9 Å². The molecule has 1 aromatic heterocycles. The maximum atomic E-state index is 12.9. The third-order valence-corrected chi connectivity index (χ3v) is 3.10. The van der Waals surface area contributed by atoms with Gasteiger partial charge in [0, 0.05) is 27.1 Å². The first-order valence-electron chi connectivity index (χ1n) is 5.25. The normalized spacial score (nSPS) is 10.2. The number of nitrogens with zero attached hydrogens (tertiary/aromatic N) is 1. The molecule has 0 aliphatic carbocycles. The Balaban J connectivity index is 2.21. The van der Waals surface area contributed by atoms with E-state index in [0.717, 1.165) is 20.9 Å². The van der Waals surface area contributed by atoms with Crippen LogP contribution in [0.1, 0.15) is 15.9 Å². The van der Waals surface area contributed by atoms with E-state index in [-0.39, 0.29) is 11.5 Å². The Bertz CT molecular complexity index is 601. The number of carbonyl (C=O) groups is 1. The second-order valence-corrected chi connectivity index (χ2v) is 5.03. The second kappa shape index (κ2) is 5.43. The number of pyridine rings is 1. The molecule has 1 amide bonds. The molecular formula is C13H10FIN2O. The number of anilines is 1. The average molecular weight is 356 g/mol. The van der Waals surface area contributed by atoms with Gasteiger partial charge in [-0.15, -0.1) is 0 Å². The Hall–Kier alpha value is -1.50. The van der Waals surface area contributed by atoms with Crippen LogP contribution in [-0.2, 0) is 0 Å². The smallest absolute Gasteiger partial charge is 0.255 e. The average Bonchev–Trinajstić information content (AvgIpc) is 2.32. The highest BCUT2D eigenvalue weighted by atomic mass is 127. The van der Waals surface area contributed by atoms with E-state index >= 15 is 0 Å². The summed E-state index contributed by atoms with van der Waals surface area (Å²) in [5, 5.41) is 2.74. The molecule has 0 atom stereocenters. The predicted octanol–water partition coefficient (Wildman–Crippen LogP) is 3.39. The number of hydrogen-bond acceptors (Lipinski definition) is 2. The fourth-order valence-electron chi connectivity index (χ4n) is 1.51. The summed E-state index contributed by atoms with van der Waals surface area (Å²) in [5.41, 5.74) is 1.93. The lowest BCUT2D eigenvalue weighted by Gasteiger charge is -2.08. The van der Waals surface area contributed by atoms with Gasteiger partial charge in [0.05, 0.1) is 0 Å². The van der Waals surface area contributed by atoms with E-state index in [9.17, 15) is 9.18 Å². The number of aryl methyl sites for hydroxylation is 1. The number of halogens is 2. The minimum Gasteiger partial charge on any atom is -0.322 e. The fourth-order valence-corrected chi connectivity index (χ4v) is 2.15. The molecule has 0 aliphatic rings. The van der Waals surface area contributed by atoms with Gasteiger partial charge in [0.2, 0.25) is 5.95 Å². The second-order valence-electron chi connectivity index (χ2n) is 3.78. The molecule has 3 nitrogen and oxygen atoms in total. The number of hydrogen-bond donors (Lipinski definition) is 1. The van der Waals surface area contributed by atoms with Gasteiger partial charge in [0.1, 0.15) is 0 Å². The maximum absolute atomic E-state index is 12.9. The zero-order valence-corrected chi connectivity index (χ0v) is 11.7. The quantitative estimate of drug-likeness (QED) is 0.662. The van der Waals surface area contributed by atoms with Crippen molar-refractivity contribution in [1.29, 1.82) is 0 Å². The first-order valence-corrected chi connectivity index (χ1v) is 6.33. The van der Waals surface area contributed by atoms with Gasteiger partial charge in [-0.25, -0.2) is 4.98 Å². The van der Waals surface area contributed by atoms with Crippen molar-refractivity contribution in [3.63, 3.8) is 0 Å². The van der Waals surface area contributed by atoms with Crippen molar-refractivity contribution in [1.82, 2.24) is 4.98 Å². The van der Waals surface area contributed by atoms with E-state index in [1.165, 1.54) is 12.3 Å². The molecule has 92 valence electrons. The van der Waals surface area contributed by atoms with Gasteiger partial charge in [-0.3, -0.25) is 4.79 Å². The van der Waals surface area contributed by atoms with Gasteiger partial charge in [-0.1, -0.05) is 0 Å². The van der Waals surface area contributed by atoms with E-state index < -0.39 is 5.95 Å². The highest BCUT2D eigenvalue weighted by Gasteiger charge is 2.08. The van der Waals surface area contributed by atoms with Crippen molar-refractivity contribution in [2.24, 2.45) is 0 Å². The molecular weight excluding hydrogens is 346 g/mol. The van der Waals surface area contributed by atoms with Crippen molar-refractivity contribution in [3.8, 4) is 0 Å². The number of amides is 1. The van der Waals surface area contributed by atoms with Crippen molar-refractivity contribution in [2.75, 3.05) is 5.32 Å². The SMILES string of the molecule is Cc1cc(I)ccc1NC(=O)c1ccnc(F)c1. The molecule has 0 spiro atoms. The zero-order valence-electron chi connectivity index (χ0n) is 9.58. The summed E-state index contributed by atoms with van der Waals surface area (Å²) in [6.45, 7) is 1.91. The number of carbonyl (C=O) groups excluding carboxylic acids is 1. The van der Waals surface area contributed by atoms with Crippen LogP contribution in [0.3, 0.4) is 0 Å². The molecule has 2 aromatic rings. The molecule has 0 saturated carbocycles. The van der Waals surface area contributed by atoms with Gasteiger partial charge in [-0.05, 0) is 59.3 Å². The summed E-state index contributed by atoms with van der Waals surface area (Å²) in [6.07, 6.45) is 1.27. The van der Waals surface area contributed by atoms with Crippen LogP contribution in [0, 0.1) is 16.4 Å². The van der Waals surface area contributed by atoms with Crippen LogP contribution in [-0.4, -0.2) is 10.9 Å². The zero-order chi connectivity index (χ0) is 13.1. The minimum absolute atomic E-state index is 0.250. The van der Waals surface area contributed by atoms with Gasteiger partial charge in [0.25, 0.3) is 5.91 Å². The van der Waals surface area contributed by atoms with Crippen molar-refractivity contribution in [3.05, 3.63) is 57.2 Å². The Morgan fingerprint density at radius 1 is 1.33 bits per heavy atom. The third-order valence-electron chi connectivity index (χ3n) is 2.43. The summed E-state index contributed by atoms with van der Waals surface area (Å²) < 4.78 is 14.0. The Morgan fingerprint density at radius 2 is 2.11 bits per heavy atom. The van der Waals surface area contributed by atoms with Gasteiger partial charge in [-0.2, -0.15) is 4.39 Å². The van der Waals surface area contributed by atoms with Gasteiger partial charge >= 0.3 is 0 Å². The Morgan fingerprint density at radius 3 is 2.78 bits per heavy atom. The van der Waals surface area contributed by atoms with Crippen molar-refractivity contribution in [2.45, 2.75) is 6.92 Å². The topological polar surface area (TPSA) is 42.0 Å². The van der Waals surface area contributed by atoms with E-state index in [0.29, 0.717) is 0 Å². The standard InChI is InChI=1S/C13H10FIN2O/c1-8-6-10(15)2-3-11(8)17-13(18)9-4-5-16-12(14)7-9/h2-7H,1H3,(H,17,18). The Kier molecular flexibility index (Phi) is 3.90. The van der Waals surface area contributed by atoms with Crippen LogP contribution in [0.2, 0.25) is 0 Å². The van der Waals surface area contributed by atoms with Gasteiger partial charge in [0.15, 0.2) is 0 Å². The first-order chi connectivity index (χ1) is 8.56. The highest BCUT2D eigenvalue weighted by molar-refractivity contribution is 14.1. The number of aromatic nitrogens is 1. The number of rotatable bonds is 2. The van der Waals surface area contributed by atoms with Crippen LogP contribution in [0.4, 0.5) is 10.1 Å². The largest absolute Gasteiger partial charge is 0.322 e. The molecule has 18 heavy (non-hydrogen) atoms. The van der Waals surface area contributed by atoms with Crippen molar-refractivity contribution < 1.29 is 9.18 Å². The molecule has 1 heterocycles. The van der Waals surface area contributed by atoms with Crippen LogP contribution in [0.15, 0.2) is 36.5 Å². The summed E-state index contributed by atoms with van der Waals surface area (Å²) in [4.78, 5) is 15.3. The molecule has 0 aliphatic heterocycles. The van der Waals surface area contributed by atoms with Crippen LogP contribution < -0.4 is 5.32 Å². The monoisotopic (exact) mass is 356 g/mol. The fraction of sp³-hybridized carbons (Fsp3) is 0.0769. The Labute approximate surface area is 118 Å². The molecule has 5 heteroatoms. The maximum Gasteiger partial charge on any atom is 0.255 e. The summed E-state index contributed by atoms with van der Waals surface area (Å²) in [7, 11) is 0. The molecule has 0 unspecified atom stereocenters. The molecule has 0 fully saturated rings. The number of benzene rings is 1. The lowest BCUT2D eigenvalue weighted by molar-refractivity contribution is 0.102. The van der Waals surface area contributed by atoms with E-state index in [1.54, 1.807) is 0 Å². The lowest BCUT2D eigenvalue weighted by atomic mass is 10.2. The summed E-state index contributed by atoms with van der Waals surface area (Å²) in [5.74, 6) is -1.01. The lowest BCUT2D eigenvalue weighted by Crippen LogP contribution is -2.13. The van der Waals surface area contributed by atoms with Gasteiger partial charge < -0.3 is 5.32 Å². The molecule has 1 aromatic carbocycles. The minimum atomic E-state index is -0.665. The van der Waals surface area contributed by atoms with E-state index in [1.807, 2.05) is 25.1 Å². The molecule has 1 N–H and O–H groups in total. The third kappa shape index (κ3) is 3.04.